The summed E-state index contributed by atoms with van der Waals surface area (Å²) in [6.07, 6.45) is 0. The summed E-state index contributed by atoms with van der Waals surface area (Å²) in [6, 6.07) is 58.1. The summed E-state index contributed by atoms with van der Waals surface area (Å²) in [5.41, 5.74) is 12.1. The second-order valence-electron chi connectivity index (χ2n) is 13.5. The smallest absolute Gasteiger partial charge is 0.238 e. The molecule has 52 heavy (non-hydrogen) atoms. The fourth-order valence-electron chi connectivity index (χ4n) is 7.66. The molecule has 7 aromatic carbocycles. The molecule has 0 N–H and O–H groups in total. The summed E-state index contributed by atoms with van der Waals surface area (Å²) < 4.78 is 4.56. The number of nitrogens with zero attached hydrogens (tertiary/aromatic N) is 5. The van der Waals surface area contributed by atoms with Gasteiger partial charge in [-0.05, 0) is 79.6 Å². The molecule has 0 aliphatic heterocycles. The minimum atomic E-state index is 0.591. The molecular weight excluding hydrogens is 635 g/mol. The van der Waals surface area contributed by atoms with Crippen LogP contribution in [0.5, 0.6) is 0 Å². The molecule has 3 aromatic heterocycles. The number of hydrogen-bond donors (Lipinski definition) is 0. The highest BCUT2D eigenvalue weighted by atomic mass is 15.2. The van der Waals surface area contributed by atoms with Gasteiger partial charge in [0.25, 0.3) is 0 Å². The van der Waals surface area contributed by atoms with E-state index in [2.05, 4.69) is 187 Å². The lowest BCUT2D eigenvalue weighted by molar-refractivity contribution is 0.953. The minimum absolute atomic E-state index is 0.591. The van der Waals surface area contributed by atoms with Gasteiger partial charge in [-0.2, -0.15) is 9.97 Å². The Morgan fingerprint density at radius 2 is 0.885 bits per heavy atom. The van der Waals surface area contributed by atoms with Gasteiger partial charge in [0.15, 0.2) is 11.6 Å². The predicted octanol–water partition coefficient (Wildman–Crippen LogP) is 11.7. The summed E-state index contributed by atoms with van der Waals surface area (Å²) in [7, 11) is 0. The van der Waals surface area contributed by atoms with Gasteiger partial charge in [-0.15, -0.1) is 0 Å². The van der Waals surface area contributed by atoms with E-state index in [1.807, 2.05) is 0 Å². The molecule has 0 radical (unpaired) electrons. The van der Waals surface area contributed by atoms with Gasteiger partial charge in [0.05, 0.1) is 22.1 Å². The Hall–Kier alpha value is -6.85. The van der Waals surface area contributed by atoms with Crippen molar-refractivity contribution in [1.29, 1.82) is 0 Å². The summed E-state index contributed by atoms with van der Waals surface area (Å²) in [5, 5.41) is 4.76. The largest absolute Gasteiger partial charge is 0.309 e. The average Bonchev–Trinajstić information content (AvgIpc) is 3.70. The van der Waals surface area contributed by atoms with Crippen LogP contribution < -0.4 is 0 Å². The third kappa shape index (κ3) is 4.89. The van der Waals surface area contributed by atoms with Gasteiger partial charge >= 0.3 is 0 Å². The third-order valence-corrected chi connectivity index (χ3v) is 10.1. The fourth-order valence-corrected chi connectivity index (χ4v) is 7.66. The molecule has 0 spiro atoms. The van der Waals surface area contributed by atoms with Crippen LogP contribution in [-0.4, -0.2) is 24.1 Å². The van der Waals surface area contributed by atoms with Gasteiger partial charge in [0.2, 0.25) is 5.95 Å². The van der Waals surface area contributed by atoms with Crippen LogP contribution in [0.25, 0.3) is 89.2 Å². The predicted molar refractivity (Wildman–Crippen MR) is 214 cm³/mol. The van der Waals surface area contributed by atoms with E-state index in [4.69, 9.17) is 15.0 Å². The van der Waals surface area contributed by atoms with Crippen molar-refractivity contribution in [2.24, 2.45) is 0 Å². The van der Waals surface area contributed by atoms with Gasteiger partial charge in [0, 0.05) is 38.4 Å². The molecule has 10 aromatic rings. The van der Waals surface area contributed by atoms with E-state index >= 15 is 0 Å². The molecule has 5 nitrogen and oxygen atoms in total. The van der Waals surface area contributed by atoms with Gasteiger partial charge in [-0.1, -0.05) is 120 Å². The van der Waals surface area contributed by atoms with Crippen molar-refractivity contribution in [2.75, 3.05) is 0 Å². The molecule has 0 bridgehead atoms. The van der Waals surface area contributed by atoms with Crippen molar-refractivity contribution in [1.82, 2.24) is 24.1 Å². The van der Waals surface area contributed by atoms with Crippen LogP contribution in [0.3, 0.4) is 0 Å². The normalized spacial score (nSPS) is 11.7. The molecule has 10 rings (SSSR count). The Morgan fingerprint density at radius 1 is 0.346 bits per heavy atom. The van der Waals surface area contributed by atoms with E-state index in [-0.39, 0.29) is 0 Å². The van der Waals surface area contributed by atoms with Crippen LogP contribution in [0, 0.1) is 13.8 Å². The SMILES string of the molecule is Cc1cccc(-c2nc(-c3cccc(C)c3)nc(-n3c4ccccc4c4ccc(-c5ccc6c(c5)c5ccccc5n6-c5ccccc5)cc43)n2)c1. The van der Waals surface area contributed by atoms with Gasteiger partial charge in [0.1, 0.15) is 0 Å². The van der Waals surface area contributed by atoms with Gasteiger partial charge < -0.3 is 4.57 Å². The summed E-state index contributed by atoms with van der Waals surface area (Å²) in [6.45, 7) is 4.19. The molecular formula is C47H33N5. The number of para-hydroxylation sites is 3. The standard InChI is InChI=1S/C47H33N5/c1-30-12-10-14-34(26-30)45-48-46(35-15-11-13-31(2)27-35)50-47(49-45)52-42-21-9-6-18-37(42)39-24-22-33(29-44(39)52)32-23-25-43-40(28-32)38-19-7-8-20-41(38)51(43)36-16-4-3-5-17-36/h3-29H,1-2H3. The van der Waals surface area contributed by atoms with Crippen LogP contribution in [0.2, 0.25) is 0 Å². The maximum Gasteiger partial charge on any atom is 0.238 e. The monoisotopic (exact) mass is 667 g/mol. The topological polar surface area (TPSA) is 48.5 Å². The first kappa shape index (κ1) is 30.0. The Balaban J connectivity index is 1.21. The zero-order chi connectivity index (χ0) is 34.8. The molecule has 0 aliphatic rings. The second kappa shape index (κ2) is 11.9. The van der Waals surface area contributed by atoms with E-state index < -0.39 is 0 Å². The quantitative estimate of drug-likeness (QED) is 0.184. The van der Waals surface area contributed by atoms with E-state index in [1.54, 1.807) is 0 Å². The molecule has 0 aliphatic carbocycles. The van der Waals surface area contributed by atoms with E-state index in [0.717, 1.165) is 60.9 Å². The first-order chi connectivity index (χ1) is 25.6. The summed E-state index contributed by atoms with van der Waals surface area (Å²) >= 11 is 0. The molecule has 0 amide bonds. The van der Waals surface area contributed by atoms with Crippen molar-refractivity contribution in [3.05, 3.63) is 175 Å². The maximum absolute atomic E-state index is 5.18. The highest BCUT2D eigenvalue weighted by Gasteiger charge is 2.19. The minimum Gasteiger partial charge on any atom is -0.309 e. The molecule has 5 heteroatoms. The Kier molecular flexibility index (Phi) is 6.86. The molecule has 0 unspecified atom stereocenters. The first-order valence-electron chi connectivity index (χ1n) is 17.6. The average molecular weight is 668 g/mol. The Labute approximate surface area is 301 Å². The van der Waals surface area contributed by atoms with Crippen LogP contribution in [0.4, 0.5) is 0 Å². The molecule has 0 saturated heterocycles. The Morgan fingerprint density at radius 3 is 1.56 bits per heavy atom. The van der Waals surface area contributed by atoms with Crippen molar-refractivity contribution >= 4 is 43.6 Å². The van der Waals surface area contributed by atoms with Crippen molar-refractivity contribution in [3.8, 4) is 45.5 Å². The van der Waals surface area contributed by atoms with Gasteiger partial charge in [-0.3, -0.25) is 4.57 Å². The number of rotatable bonds is 5. The van der Waals surface area contributed by atoms with E-state index in [0.29, 0.717) is 17.6 Å². The Bertz CT molecular complexity index is 2920. The number of fused-ring (bicyclic) bond motifs is 6. The van der Waals surface area contributed by atoms with Gasteiger partial charge in [-0.25, -0.2) is 4.98 Å². The first-order valence-corrected chi connectivity index (χ1v) is 17.6. The number of aryl methyl sites for hydroxylation is 2. The molecule has 0 fully saturated rings. The zero-order valence-corrected chi connectivity index (χ0v) is 28.8. The van der Waals surface area contributed by atoms with Crippen molar-refractivity contribution in [2.45, 2.75) is 13.8 Å². The third-order valence-electron chi connectivity index (χ3n) is 10.1. The lowest BCUT2D eigenvalue weighted by atomic mass is 10.0. The van der Waals surface area contributed by atoms with Crippen molar-refractivity contribution in [3.63, 3.8) is 0 Å². The summed E-state index contributed by atoms with van der Waals surface area (Å²) in [5.74, 6) is 1.88. The lowest BCUT2D eigenvalue weighted by Gasteiger charge is -2.12. The van der Waals surface area contributed by atoms with Crippen LogP contribution in [-0.2, 0) is 0 Å². The molecule has 0 saturated carbocycles. The molecule has 246 valence electrons. The maximum atomic E-state index is 5.18. The molecule has 0 atom stereocenters. The van der Waals surface area contributed by atoms with Crippen LogP contribution in [0.1, 0.15) is 11.1 Å². The number of aromatic nitrogens is 5. The summed E-state index contributed by atoms with van der Waals surface area (Å²) in [4.78, 5) is 15.4. The highest BCUT2D eigenvalue weighted by molar-refractivity contribution is 6.12. The second-order valence-corrected chi connectivity index (χ2v) is 13.5. The van der Waals surface area contributed by atoms with Crippen LogP contribution >= 0.6 is 0 Å². The number of benzene rings is 7. The highest BCUT2D eigenvalue weighted by Crippen LogP contribution is 2.38. The molecule has 3 heterocycles. The fraction of sp³-hybridized carbons (Fsp3) is 0.0426. The van der Waals surface area contributed by atoms with Crippen LogP contribution in [0.15, 0.2) is 164 Å². The zero-order valence-electron chi connectivity index (χ0n) is 28.8. The van der Waals surface area contributed by atoms with Crippen molar-refractivity contribution < 1.29 is 0 Å². The number of hydrogen-bond acceptors (Lipinski definition) is 3. The van der Waals surface area contributed by atoms with E-state index in [9.17, 15) is 0 Å². The van der Waals surface area contributed by atoms with E-state index in [1.165, 1.54) is 21.8 Å². The lowest BCUT2D eigenvalue weighted by Crippen LogP contribution is -2.06.